The number of ether oxygens (including phenoxy) is 1. The Morgan fingerprint density at radius 2 is 2.09 bits per heavy atom. The molecule has 0 aliphatic carbocycles. The molecule has 176 valence electrons. The molecule has 10 heteroatoms. The van der Waals surface area contributed by atoms with Gasteiger partial charge in [0, 0.05) is 26.2 Å². The SMILES string of the molecule is CC#CCn1c(N2CCCC(N)C2)nc2c1c(=O)n(Cc1ccc(OC)cc1C#N)c(=O)n2C. The maximum absolute atomic E-state index is 13.7. The molecule has 3 aromatic rings. The zero-order chi connectivity index (χ0) is 24.4. The Morgan fingerprint density at radius 3 is 2.76 bits per heavy atom. The number of aryl methyl sites for hydroxylation is 1. The molecule has 1 aliphatic rings. The van der Waals surface area contributed by atoms with Crippen LogP contribution in [0, 0.1) is 23.2 Å². The number of nitrogens with zero attached hydrogens (tertiary/aromatic N) is 6. The molecule has 0 amide bonds. The number of imidazole rings is 1. The summed E-state index contributed by atoms with van der Waals surface area (Å²) in [6.07, 6.45) is 1.85. The van der Waals surface area contributed by atoms with Crippen LogP contribution in [0.25, 0.3) is 11.2 Å². The second kappa shape index (κ2) is 9.46. The van der Waals surface area contributed by atoms with Crippen molar-refractivity contribution in [3.05, 3.63) is 50.2 Å². The van der Waals surface area contributed by atoms with Crippen LogP contribution < -0.4 is 26.6 Å². The first-order valence-electron chi connectivity index (χ1n) is 11.1. The number of piperidine rings is 1. The van der Waals surface area contributed by atoms with E-state index in [0.717, 1.165) is 24.0 Å². The first kappa shape index (κ1) is 23.1. The number of fused-ring (bicyclic) bond motifs is 1. The predicted octanol–water partition coefficient (Wildman–Crippen LogP) is 0.776. The molecular formula is C24H27N7O3. The van der Waals surface area contributed by atoms with E-state index in [0.29, 0.717) is 40.5 Å². The number of aromatic nitrogens is 4. The summed E-state index contributed by atoms with van der Waals surface area (Å²) in [5, 5.41) is 9.57. The summed E-state index contributed by atoms with van der Waals surface area (Å²) in [6.45, 7) is 3.31. The predicted molar refractivity (Wildman–Crippen MR) is 129 cm³/mol. The third-order valence-electron chi connectivity index (χ3n) is 6.13. The smallest absolute Gasteiger partial charge is 0.332 e. The van der Waals surface area contributed by atoms with Gasteiger partial charge in [0.25, 0.3) is 5.56 Å². The molecule has 2 N–H and O–H groups in total. The van der Waals surface area contributed by atoms with Gasteiger partial charge in [-0.1, -0.05) is 12.0 Å². The van der Waals surface area contributed by atoms with Gasteiger partial charge in [-0.3, -0.25) is 18.5 Å². The van der Waals surface area contributed by atoms with Gasteiger partial charge in [0.1, 0.15) is 5.75 Å². The number of nitriles is 1. The normalized spacial score (nSPS) is 15.6. The lowest BCUT2D eigenvalue weighted by atomic mass is 10.1. The van der Waals surface area contributed by atoms with Crippen LogP contribution in [0.1, 0.15) is 30.9 Å². The fourth-order valence-electron chi connectivity index (χ4n) is 4.34. The highest BCUT2D eigenvalue weighted by atomic mass is 16.5. The Balaban J connectivity index is 1.92. The number of methoxy groups -OCH3 is 1. The van der Waals surface area contributed by atoms with Crippen LogP contribution >= 0.6 is 0 Å². The van der Waals surface area contributed by atoms with Crippen molar-refractivity contribution in [3.63, 3.8) is 0 Å². The highest BCUT2D eigenvalue weighted by molar-refractivity contribution is 5.75. The van der Waals surface area contributed by atoms with Crippen LogP contribution in [0.15, 0.2) is 27.8 Å². The standard InChI is InChI=1S/C24H27N7O3/c1-4-5-11-30-20-21(27-23(30)29-10-6-7-18(26)15-29)28(2)24(33)31(22(20)32)14-16-8-9-19(34-3)12-17(16)13-25/h8-9,12,18H,6-7,10-11,14-15,26H2,1-3H3. The monoisotopic (exact) mass is 461 g/mol. The number of anilines is 1. The van der Waals surface area contributed by atoms with E-state index in [2.05, 4.69) is 22.8 Å². The average molecular weight is 462 g/mol. The van der Waals surface area contributed by atoms with Crippen LogP contribution in [0.3, 0.4) is 0 Å². The molecular weight excluding hydrogens is 434 g/mol. The molecule has 2 aromatic heterocycles. The van der Waals surface area contributed by atoms with E-state index >= 15 is 0 Å². The van der Waals surface area contributed by atoms with E-state index < -0.39 is 11.2 Å². The Bertz CT molecular complexity index is 1460. The van der Waals surface area contributed by atoms with Crippen LogP contribution in [-0.2, 0) is 20.1 Å². The first-order valence-corrected chi connectivity index (χ1v) is 11.1. The third-order valence-corrected chi connectivity index (χ3v) is 6.13. The largest absolute Gasteiger partial charge is 0.497 e. The molecule has 0 bridgehead atoms. The van der Waals surface area contributed by atoms with Crippen molar-refractivity contribution in [1.29, 1.82) is 5.26 Å². The molecule has 0 saturated carbocycles. The molecule has 1 fully saturated rings. The zero-order valence-electron chi connectivity index (χ0n) is 19.5. The maximum Gasteiger partial charge on any atom is 0.332 e. The molecule has 4 rings (SSSR count). The second-order valence-electron chi connectivity index (χ2n) is 8.31. The summed E-state index contributed by atoms with van der Waals surface area (Å²) in [5.41, 5.74) is 6.68. The van der Waals surface area contributed by atoms with Gasteiger partial charge < -0.3 is 15.4 Å². The number of benzene rings is 1. The van der Waals surface area contributed by atoms with Gasteiger partial charge in [-0.25, -0.2) is 4.79 Å². The molecule has 1 aliphatic heterocycles. The third kappa shape index (κ3) is 4.04. The van der Waals surface area contributed by atoms with Gasteiger partial charge in [0.05, 0.1) is 31.8 Å². The fraction of sp³-hybridized carbons (Fsp3) is 0.417. The van der Waals surface area contributed by atoms with E-state index in [9.17, 15) is 14.9 Å². The molecule has 1 atom stereocenters. The van der Waals surface area contributed by atoms with E-state index in [-0.39, 0.29) is 19.1 Å². The van der Waals surface area contributed by atoms with Gasteiger partial charge >= 0.3 is 5.69 Å². The first-order chi connectivity index (χ1) is 16.4. The lowest BCUT2D eigenvalue weighted by Crippen LogP contribution is -2.44. The van der Waals surface area contributed by atoms with Crippen molar-refractivity contribution >= 4 is 17.1 Å². The summed E-state index contributed by atoms with van der Waals surface area (Å²) in [5.74, 6) is 6.99. The summed E-state index contributed by atoms with van der Waals surface area (Å²) in [4.78, 5) is 33.6. The van der Waals surface area contributed by atoms with E-state index in [1.807, 2.05) is 0 Å². The molecule has 10 nitrogen and oxygen atoms in total. The molecule has 3 heterocycles. The van der Waals surface area contributed by atoms with Crippen LogP contribution in [-0.4, -0.2) is 44.9 Å². The average Bonchev–Trinajstić information content (AvgIpc) is 3.23. The molecule has 1 saturated heterocycles. The Kier molecular flexibility index (Phi) is 6.44. The van der Waals surface area contributed by atoms with Crippen molar-refractivity contribution in [2.75, 3.05) is 25.1 Å². The van der Waals surface area contributed by atoms with Crippen molar-refractivity contribution in [2.45, 2.75) is 38.9 Å². The highest BCUT2D eigenvalue weighted by Crippen LogP contribution is 2.23. The molecule has 1 aromatic carbocycles. The highest BCUT2D eigenvalue weighted by Gasteiger charge is 2.26. The van der Waals surface area contributed by atoms with Crippen LogP contribution in [0.5, 0.6) is 5.75 Å². The molecule has 0 spiro atoms. The Labute approximate surface area is 196 Å². The van der Waals surface area contributed by atoms with Gasteiger partial charge in [-0.05, 0) is 37.5 Å². The summed E-state index contributed by atoms with van der Waals surface area (Å²) < 4.78 is 9.45. The number of rotatable bonds is 5. The number of nitrogens with two attached hydrogens (primary N) is 1. The Hall–Kier alpha value is -4.02. The van der Waals surface area contributed by atoms with E-state index in [1.165, 1.54) is 11.7 Å². The Morgan fingerprint density at radius 1 is 1.29 bits per heavy atom. The summed E-state index contributed by atoms with van der Waals surface area (Å²) in [6, 6.07) is 7.10. The van der Waals surface area contributed by atoms with Crippen LogP contribution in [0.4, 0.5) is 5.95 Å². The quantitative estimate of drug-likeness (QED) is 0.557. The lowest BCUT2D eigenvalue weighted by molar-refractivity contribution is 0.414. The van der Waals surface area contributed by atoms with Crippen molar-refractivity contribution in [1.82, 2.24) is 18.7 Å². The minimum atomic E-state index is -0.509. The minimum Gasteiger partial charge on any atom is -0.497 e. The second-order valence-corrected chi connectivity index (χ2v) is 8.31. The molecule has 34 heavy (non-hydrogen) atoms. The van der Waals surface area contributed by atoms with E-state index in [4.69, 9.17) is 15.5 Å². The van der Waals surface area contributed by atoms with Crippen LogP contribution in [0.2, 0.25) is 0 Å². The number of hydrogen-bond acceptors (Lipinski definition) is 7. The summed E-state index contributed by atoms with van der Waals surface area (Å²) in [7, 11) is 3.10. The van der Waals surface area contributed by atoms with Gasteiger partial charge in [0.2, 0.25) is 5.95 Å². The van der Waals surface area contributed by atoms with Crippen molar-refractivity contribution in [3.8, 4) is 23.7 Å². The van der Waals surface area contributed by atoms with Gasteiger partial charge in [-0.2, -0.15) is 10.2 Å². The summed E-state index contributed by atoms with van der Waals surface area (Å²) >= 11 is 0. The maximum atomic E-state index is 13.7. The minimum absolute atomic E-state index is 0.0132. The van der Waals surface area contributed by atoms with Gasteiger partial charge in [0.15, 0.2) is 11.2 Å². The zero-order valence-corrected chi connectivity index (χ0v) is 19.5. The lowest BCUT2D eigenvalue weighted by Gasteiger charge is -2.31. The topological polar surface area (TPSA) is 124 Å². The van der Waals surface area contributed by atoms with Crippen molar-refractivity contribution in [2.24, 2.45) is 12.8 Å². The van der Waals surface area contributed by atoms with Gasteiger partial charge in [-0.15, -0.1) is 5.92 Å². The van der Waals surface area contributed by atoms with Crippen molar-refractivity contribution < 1.29 is 4.74 Å². The van der Waals surface area contributed by atoms with E-state index in [1.54, 1.807) is 36.7 Å². The fourth-order valence-corrected chi connectivity index (χ4v) is 4.34. The molecule has 0 radical (unpaired) electrons. The number of hydrogen-bond donors (Lipinski definition) is 1. The molecule has 1 unspecified atom stereocenters.